The lowest BCUT2D eigenvalue weighted by Gasteiger charge is -2.12. The molecule has 5 nitrogen and oxygen atoms in total. The number of aromatic nitrogens is 2. The molecule has 0 saturated heterocycles. The van der Waals surface area contributed by atoms with Gasteiger partial charge in [0.2, 0.25) is 0 Å². The average Bonchev–Trinajstić information content (AvgIpc) is 2.71. The van der Waals surface area contributed by atoms with Gasteiger partial charge in [-0.3, -0.25) is 4.79 Å². The Bertz CT molecular complexity index is 1100. The number of carboxylic acid groups (broad SMARTS) is 1. The van der Waals surface area contributed by atoms with E-state index in [1.807, 2.05) is 13.0 Å². The number of hydrogen-bond acceptors (Lipinski definition) is 4. The van der Waals surface area contributed by atoms with E-state index in [1.54, 1.807) is 12.1 Å². The zero-order chi connectivity index (χ0) is 22.5. The van der Waals surface area contributed by atoms with Crippen molar-refractivity contribution in [1.29, 1.82) is 0 Å². The maximum atomic E-state index is 14.0. The second-order valence-electron chi connectivity index (χ2n) is 6.83. The molecule has 0 fully saturated rings. The number of nitrogens with one attached hydrogen (secondary N) is 1. The minimum Gasteiger partial charge on any atom is -0.481 e. The number of nitrogens with zero attached hydrogens (tertiary/aromatic N) is 2. The standard InChI is InChI=1S/C22H19BrClF2N3O2/c1-2-12-5-13(6-17(24)16(12)9-22(30)31)20-10-21(29-11-28-20)27-4-3-15-18(25)7-14(23)8-19(15)26/h5-8,10-11H,2-4,9H2,1H3,(H,30,31)(H,27,28,29). The number of halogens is 4. The lowest BCUT2D eigenvalue weighted by molar-refractivity contribution is -0.136. The second-order valence-corrected chi connectivity index (χ2v) is 8.16. The van der Waals surface area contributed by atoms with Gasteiger partial charge in [0, 0.05) is 33.2 Å². The van der Waals surface area contributed by atoms with Crippen molar-refractivity contribution in [2.24, 2.45) is 0 Å². The summed E-state index contributed by atoms with van der Waals surface area (Å²) in [5, 5.41) is 12.5. The van der Waals surface area contributed by atoms with Gasteiger partial charge < -0.3 is 10.4 Å². The molecule has 3 rings (SSSR count). The van der Waals surface area contributed by atoms with Gasteiger partial charge in [-0.2, -0.15) is 0 Å². The Balaban J connectivity index is 1.78. The summed E-state index contributed by atoms with van der Waals surface area (Å²) in [5.74, 6) is -1.68. The van der Waals surface area contributed by atoms with E-state index in [0.29, 0.717) is 33.0 Å². The number of anilines is 1. The molecule has 31 heavy (non-hydrogen) atoms. The van der Waals surface area contributed by atoms with Crippen LogP contribution in [0.15, 0.2) is 41.1 Å². The predicted molar refractivity (Wildman–Crippen MR) is 119 cm³/mol. The Labute approximate surface area is 191 Å². The van der Waals surface area contributed by atoms with Crippen molar-refractivity contribution in [3.05, 3.63) is 74.5 Å². The van der Waals surface area contributed by atoms with Crippen molar-refractivity contribution in [3.8, 4) is 11.3 Å². The first-order chi connectivity index (χ1) is 14.8. The fourth-order valence-corrected chi connectivity index (χ4v) is 3.95. The highest BCUT2D eigenvalue weighted by Gasteiger charge is 2.14. The van der Waals surface area contributed by atoms with Gasteiger partial charge in [0.05, 0.1) is 12.1 Å². The van der Waals surface area contributed by atoms with Gasteiger partial charge >= 0.3 is 5.97 Å². The van der Waals surface area contributed by atoms with Crippen LogP contribution in [0.25, 0.3) is 11.3 Å². The van der Waals surface area contributed by atoms with Gasteiger partial charge in [-0.05, 0) is 48.2 Å². The molecule has 0 aliphatic heterocycles. The number of benzene rings is 2. The zero-order valence-corrected chi connectivity index (χ0v) is 18.9. The van der Waals surface area contributed by atoms with Crippen LogP contribution in [-0.2, 0) is 24.1 Å². The first-order valence-electron chi connectivity index (χ1n) is 9.51. The van der Waals surface area contributed by atoms with Crippen molar-refractivity contribution in [1.82, 2.24) is 9.97 Å². The van der Waals surface area contributed by atoms with Crippen LogP contribution in [0.3, 0.4) is 0 Å². The second kappa shape index (κ2) is 10.2. The number of hydrogen-bond donors (Lipinski definition) is 2. The highest BCUT2D eigenvalue weighted by Crippen LogP contribution is 2.29. The Morgan fingerprint density at radius 2 is 1.84 bits per heavy atom. The van der Waals surface area contributed by atoms with Crippen molar-refractivity contribution in [2.45, 2.75) is 26.2 Å². The third-order valence-corrected chi connectivity index (χ3v) is 5.54. The van der Waals surface area contributed by atoms with Crippen LogP contribution in [-0.4, -0.2) is 27.6 Å². The fraction of sp³-hybridized carbons (Fsp3) is 0.227. The van der Waals surface area contributed by atoms with E-state index in [9.17, 15) is 13.6 Å². The van der Waals surface area contributed by atoms with Crippen LogP contribution < -0.4 is 5.32 Å². The van der Waals surface area contributed by atoms with Gasteiger partial charge in [-0.1, -0.05) is 34.5 Å². The van der Waals surface area contributed by atoms with Crippen molar-refractivity contribution >= 4 is 39.3 Å². The molecule has 0 amide bonds. The summed E-state index contributed by atoms with van der Waals surface area (Å²) in [7, 11) is 0. The molecule has 0 atom stereocenters. The lowest BCUT2D eigenvalue weighted by atomic mass is 9.98. The van der Waals surface area contributed by atoms with E-state index >= 15 is 0 Å². The topological polar surface area (TPSA) is 75.1 Å². The summed E-state index contributed by atoms with van der Waals surface area (Å²) < 4.78 is 28.3. The molecule has 1 heterocycles. The molecular formula is C22H19BrClF2N3O2. The molecule has 0 unspecified atom stereocenters. The zero-order valence-electron chi connectivity index (χ0n) is 16.6. The number of aryl methyl sites for hydroxylation is 1. The highest BCUT2D eigenvalue weighted by molar-refractivity contribution is 9.10. The van der Waals surface area contributed by atoms with Crippen LogP contribution in [0.2, 0.25) is 5.02 Å². The van der Waals surface area contributed by atoms with E-state index < -0.39 is 17.6 Å². The molecule has 1 aromatic heterocycles. The molecule has 0 aliphatic carbocycles. The molecule has 0 aliphatic rings. The maximum absolute atomic E-state index is 14.0. The quantitative estimate of drug-likeness (QED) is 0.408. The first-order valence-corrected chi connectivity index (χ1v) is 10.7. The minimum atomic E-state index is -0.948. The molecule has 2 N–H and O–H groups in total. The summed E-state index contributed by atoms with van der Waals surface area (Å²) in [4.78, 5) is 19.5. The summed E-state index contributed by atoms with van der Waals surface area (Å²) in [6, 6.07) is 7.70. The summed E-state index contributed by atoms with van der Waals surface area (Å²) >= 11 is 9.40. The van der Waals surface area contributed by atoms with Gasteiger partial charge in [0.15, 0.2) is 0 Å². The summed E-state index contributed by atoms with van der Waals surface area (Å²) in [6.07, 6.45) is 1.99. The van der Waals surface area contributed by atoms with E-state index in [0.717, 1.165) is 11.1 Å². The predicted octanol–water partition coefficient (Wildman–Crippen LogP) is 5.68. The number of carboxylic acids is 1. The monoisotopic (exact) mass is 509 g/mol. The molecule has 0 radical (unpaired) electrons. The van der Waals surface area contributed by atoms with Crippen LogP contribution >= 0.6 is 27.5 Å². The number of aliphatic carboxylic acids is 1. The molecule has 162 valence electrons. The van der Waals surface area contributed by atoms with Crippen LogP contribution in [0.4, 0.5) is 14.6 Å². The smallest absolute Gasteiger partial charge is 0.307 e. The van der Waals surface area contributed by atoms with Crippen molar-refractivity contribution in [2.75, 3.05) is 11.9 Å². The number of rotatable bonds is 8. The van der Waals surface area contributed by atoms with E-state index in [-0.39, 0.29) is 24.9 Å². The molecule has 0 saturated carbocycles. The summed E-state index contributed by atoms with van der Waals surface area (Å²) in [6.45, 7) is 2.19. The van der Waals surface area contributed by atoms with E-state index in [1.165, 1.54) is 18.5 Å². The normalized spacial score (nSPS) is 10.9. The van der Waals surface area contributed by atoms with Gasteiger partial charge in [-0.15, -0.1) is 0 Å². The van der Waals surface area contributed by atoms with Crippen LogP contribution in [0, 0.1) is 11.6 Å². The van der Waals surface area contributed by atoms with Crippen molar-refractivity contribution < 1.29 is 18.7 Å². The molecule has 3 aromatic rings. The Morgan fingerprint density at radius 1 is 1.13 bits per heavy atom. The average molecular weight is 511 g/mol. The molecule has 9 heteroatoms. The van der Waals surface area contributed by atoms with Crippen molar-refractivity contribution in [3.63, 3.8) is 0 Å². The third kappa shape index (κ3) is 5.77. The van der Waals surface area contributed by atoms with Crippen LogP contribution in [0.1, 0.15) is 23.6 Å². The van der Waals surface area contributed by atoms with Gasteiger partial charge in [0.25, 0.3) is 0 Å². The fourth-order valence-electron chi connectivity index (χ4n) is 3.24. The summed E-state index contributed by atoms with van der Waals surface area (Å²) in [5.41, 5.74) is 2.74. The largest absolute Gasteiger partial charge is 0.481 e. The molecule has 0 spiro atoms. The van der Waals surface area contributed by atoms with E-state index in [2.05, 4.69) is 31.2 Å². The Kier molecular flexibility index (Phi) is 7.56. The number of carbonyl (C=O) groups is 1. The molecule has 2 aromatic carbocycles. The molecular weight excluding hydrogens is 492 g/mol. The van der Waals surface area contributed by atoms with E-state index in [4.69, 9.17) is 16.7 Å². The SMILES string of the molecule is CCc1cc(-c2cc(NCCc3c(F)cc(Br)cc3F)ncn2)cc(Cl)c1CC(=O)O. The molecule has 0 bridgehead atoms. The Hall–Kier alpha value is -2.58. The minimum absolute atomic E-state index is 0.00151. The maximum Gasteiger partial charge on any atom is 0.307 e. The van der Waals surface area contributed by atoms with Gasteiger partial charge in [0.1, 0.15) is 23.8 Å². The first kappa shape index (κ1) is 23.1. The third-order valence-electron chi connectivity index (χ3n) is 4.75. The highest BCUT2D eigenvalue weighted by atomic mass is 79.9. The Morgan fingerprint density at radius 3 is 2.48 bits per heavy atom. The van der Waals surface area contributed by atoms with Gasteiger partial charge in [-0.25, -0.2) is 18.7 Å². The van der Waals surface area contributed by atoms with Crippen LogP contribution in [0.5, 0.6) is 0 Å². The lowest BCUT2D eigenvalue weighted by Crippen LogP contribution is -2.09.